The highest BCUT2D eigenvalue weighted by atomic mass is 19.1. The van der Waals surface area contributed by atoms with Crippen LogP contribution in [-0.2, 0) is 11.2 Å². The van der Waals surface area contributed by atoms with E-state index in [0.717, 1.165) is 12.1 Å². The molecule has 26 heavy (non-hydrogen) atoms. The Kier molecular flexibility index (Phi) is 7.08. The molecule has 2 amide bonds. The average Bonchev–Trinajstić information content (AvgIpc) is 2.63. The van der Waals surface area contributed by atoms with Crippen LogP contribution in [0, 0.1) is 11.6 Å². The average molecular weight is 362 g/mol. The maximum absolute atomic E-state index is 13.5. The molecule has 7 heteroatoms. The van der Waals surface area contributed by atoms with Crippen LogP contribution in [0.5, 0.6) is 5.75 Å². The van der Waals surface area contributed by atoms with Crippen molar-refractivity contribution >= 4 is 11.8 Å². The summed E-state index contributed by atoms with van der Waals surface area (Å²) in [6, 6.07) is 10.1. The van der Waals surface area contributed by atoms with Crippen molar-refractivity contribution in [3.05, 3.63) is 65.2 Å². The van der Waals surface area contributed by atoms with Crippen LogP contribution in [0.2, 0.25) is 0 Å². The lowest BCUT2D eigenvalue weighted by molar-refractivity contribution is -0.120. The molecule has 2 aromatic rings. The van der Waals surface area contributed by atoms with Gasteiger partial charge in [-0.2, -0.15) is 0 Å². The molecule has 2 N–H and O–H groups in total. The van der Waals surface area contributed by atoms with E-state index < -0.39 is 23.4 Å². The van der Waals surface area contributed by atoms with Gasteiger partial charge in [-0.3, -0.25) is 9.59 Å². The van der Waals surface area contributed by atoms with Gasteiger partial charge in [-0.25, -0.2) is 8.78 Å². The highest BCUT2D eigenvalue weighted by Gasteiger charge is 2.10. The lowest BCUT2D eigenvalue weighted by atomic mass is 10.1. The largest absolute Gasteiger partial charge is 0.494 e. The van der Waals surface area contributed by atoms with Gasteiger partial charge >= 0.3 is 0 Å². The van der Waals surface area contributed by atoms with E-state index in [4.69, 9.17) is 4.74 Å². The second-order valence-corrected chi connectivity index (χ2v) is 5.44. The van der Waals surface area contributed by atoms with Crippen LogP contribution >= 0.6 is 0 Å². The highest BCUT2D eigenvalue weighted by Crippen LogP contribution is 2.12. The van der Waals surface area contributed by atoms with Gasteiger partial charge in [0.25, 0.3) is 5.91 Å². The molecule has 0 spiro atoms. The molecule has 2 rings (SSSR count). The number of hydrogen-bond donors (Lipinski definition) is 2. The first-order valence-corrected chi connectivity index (χ1v) is 8.22. The number of benzene rings is 2. The number of carbonyl (C=O) groups is 2. The lowest BCUT2D eigenvalue weighted by Gasteiger charge is -2.09. The molecule has 5 nitrogen and oxygen atoms in total. The second kappa shape index (κ2) is 9.50. The molecule has 0 aliphatic rings. The zero-order chi connectivity index (χ0) is 18.9. The van der Waals surface area contributed by atoms with Gasteiger partial charge in [0, 0.05) is 17.7 Å². The molecule has 0 aromatic heterocycles. The third-order valence-corrected chi connectivity index (χ3v) is 3.60. The molecule has 0 fully saturated rings. The van der Waals surface area contributed by atoms with Crippen molar-refractivity contribution in [2.75, 3.05) is 19.7 Å². The summed E-state index contributed by atoms with van der Waals surface area (Å²) in [7, 11) is 0. The third kappa shape index (κ3) is 5.54. The molecule has 0 aliphatic carbocycles. The van der Waals surface area contributed by atoms with E-state index in [1.807, 2.05) is 6.92 Å². The predicted molar refractivity (Wildman–Crippen MR) is 93.0 cm³/mol. The molecule has 0 radical (unpaired) electrons. The summed E-state index contributed by atoms with van der Waals surface area (Å²) in [5, 5.41) is 4.99. The number of halogens is 2. The Morgan fingerprint density at radius 3 is 2.27 bits per heavy atom. The molecule has 0 saturated heterocycles. The van der Waals surface area contributed by atoms with E-state index in [-0.39, 0.29) is 25.1 Å². The van der Waals surface area contributed by atoms with Crippen molar-refractivity contribution in [1.82, 2.24) is 10.6 Å². The zero-order valence-corrected chi connectivity index (χ0v) is 14.4. The summed E-state index contributed by atoms with van der Waals surface area (Å²) >= 11 is 0. The second-order valence-electron chi connectivity index (χ2n) is 5.44. The van der Waals surface area contributed by atoms with Crippen LogP contribution in [0.3, 0.4) is 0 Å². The number of nitrogens with one attached hydrogen (secondary N) is 2. The van der Waals surface area contributed by atoms with Crippen LogP contribution in [-0.4, -0.2) is 31.5 Å². The minimum absolute atomic E-state index is 0.0249. The molecule has 0 bridgehead atoms. The van der Waals surface area contributed by atoms with E-state index in [2.05, 4.69) is 10.6 Å². The quantitative estimate of drug-likeness (QED) is 0.758. The van der Waals surface area contributed by atoms with Crippen LogP contribution in [0.4, 0.5) is 8.78 Å². The molecule has 2 aromatic carbocycles. The number of hydrogen-bond acceptors (Lipinski definition) is 3. The first kappa shape index (κ1) is 19.4. The Balaban J connectivity index is 1.75. The van der Waals surface area contributed by atoms with Crippen molar-refractivity contribution in [2.45, 2.75) is 13.3 Å². The van der Waals surface area contributed by atoms with E-state index >= 15 is 0 Å². The van der Waals surface area contributed by atoms with Gasteiger partial charge in [-0.1, -0.05) is 6.07 Å². The number of rotatable bonds is 8. The maximum atomic E-state index is 13.5. The summed E-state index contributed by atoms with van der Waals surface area (Å²) < 4.78 is 32.2. The van der Waals surface area contributed by atoms with Gasteiger partial charge < -0.3 is 15.4 Å². The molecular weight excluding hydrogens is 342 g/mol. The summed E-state index contributed by atoms with van der Waals surface area (Å²) in [6.07, 6.45) is 0.0249. The van der Waals surface area contributed by atoms with Gasteiger partial charge in [-0.05, 0) is 49.7 Å². The topological polar surface area (TPSA) is 67.4 Å². The Morgan fingerprint density at radius 2 is 1.65 bits per heavy atom. The van der Waals surface area contributed by atoms with Gasteiger partial charge in [0.05, 0.1) is 13.2 Å². The van der Waals surface area contributed by atoms with E-state index in [9.17, 15) is 18.4 Å². The first-order chi connectivity index (χ1) is 12.5. The molecule has 0 aliphatic heterocycles. The summed E-state index contributed by atoms with van der Waals surface area (Å²) in [4.78, 5) is 23.7. The normalized spacial score (nSPS) is 10.3. The highest BCUT2D eigenvalue weighted by molar-refractivity contribution is 5.96. The predicted octanol–water partition coefficient (Wildman–Crippen LogP) is 2.45. The van der Waals surface area contributed by atoms with Gasteiger partial charge in [0.15, 0.2) is 0 Å². The van der Waals surface area contributed by atoms with E-state index in [0.29, 0.717) is 17.9 Å². The number of ether oxygens (including phenoxy) is 1. The van der Waals surface area contributed by atoms with Crippen molar-refractivity contribution in [1.29, 1.82) is 0 Å². The molecule has 0 saturated carbocycles. The zero-order valence-electron chi connectivity index (χ0n) is 14.4. The Bertz CT molecular complexity index is 744. The molecule has 0 unspecified atom stereocenters. The SMILES string of the molecule is CCOc1ccc(C(=O)NCC(=O)NCCc2c(F)cccc2F)cc1. The van der Waals surface area contributed by atoms with E-state index in [1.165, 1.54) is 6.07 Å². The first-order valence-electron chi connectivity index (χ1n) is 8.22. The number of carbonyl (C=O) groups excluding carboxylic acids is 2. The molecular formula is C19H20F2N2O3. The van der Waals surface area contributed by atoms with Gasteiger partial charge in [0.1, 0.15) is 17.4 Å². The standard InChI is InChI=1S/C19H20F2N2O3/c1-2-26-14-8-6-13(7-9-14)19(25)23-12-18(24)22-11-10-15-16(20)4-3-5-17(15)21/h3-9H,2,10-12H2,1H3,(H,22,24)(H,23,25). The van der Waals surface area contributed by atoms with Gasteiger partial charge in [0.2, 0.25) is 5.91 Å². The van der Waals surface area contributed by atoms with Crippen LogP contribution in [0.1, 0.15) is 22.8 Å². The van der Waals surface area contributed by atoms with Crippen molar-refractivity contribution < 1.29 is 23.1 Å². The van der Waals surface area contributed by atoms with Crippen molar-refractivity contribution in [3.63, 3.8) is 0 Å². The Labute approximate surface area is 150 Å². The minimum atomic E-state index is -0.650. The Morgan fingerprint density at radius 1 is 1.00 bits per heavy atom. The lowest BCUT2D eigenvalue weighted by Crippen LogP contribution is -2.37. The smallest absolute Gasteiger partial charge is 0.251 e. The van der Waals surface area contributed by atoms with Crippen LogP contribution < -0.4 is 15.4 Å². The maximum Gasteiger partial charge on any atom is 0.251 e. The molecule has 138 valence electrons. The van der Waals surface area contributed by atoms with Crippen molar-refractivity contribution in [2.24, 2.45) is 0 Å². The molecule has 0 atom stereocenters. The summed E-state index contributed by atoms with van der Waals surface area (Å²) in [5.41, 5.74) is 0.320. The van der Waals surface area contributed by atoms with Gasteiger partial charge in [-0.15, -0.1) is 0 Å². The fourth-order valence-corrected chi connectivity index (χ4v) is 2.29. The Hall–Kier alpha value is -2.96. The monoisotopic (exact) mass is 362 g/mol. The fourth-order valence-electron chi connectivity index (χ4n) is 2.29. The van der Waals surface area contributed by atoms with E-state index in [1.54, 1.807) is 24.3 Å². The van der Waals surface area contributed by atoms with Crippen molar-refractivity contribution in [3.8, 4) is 5.75 Å². The molecule has 0 heterocycles. The summed E-state index contributed by atoms with van der Waals surface area (Å²) in [6.45, 7) is 2.23. The summed E-state index contributed by atoms with van der Waals surface area (Å²) in [5.74, 6) is -1.49. The number of amides is 2. The van der Waals surface area contributed by atoms with Crippen LogP contribution in [0.25, 0.3) is 0 Å². The fraction of sp³-hybridized carbons (Fsp3) is 0.263. The minimum Gasteiger partial charge on any atom is -0.494 e. The third-order valence-electron chi connectivity index (χ3n) is 3.60. The van der Waals surface area contributed by atoms with Crippen LogP contribution in [0.15, 0.2) is 42.5 Å².